The first-order chi connectivity index (χ1) is 14.9. The zero-order valence-corrected chi connectivity index (χ0v) is 18.7. The standard InChI is InChI=1S/C23H24FN3O4S/c1-23(2,3)21-20(28)19(22(29)27(21)11-13-4-6-14(24)7-5-13)17-12-32(30,31)18-10-15(25)8-9-16(18)26-17/h4-10,12,19,21,26H,11,25H2,1-3H3/t19?,21-/m1/s1. The van der Waals surface area contributed by atoms with Crippen LogP contribution in [0.25, 0.3) is 0 Å². The van der Waals surface area contributed by atoms with Crippen molar-refractivity contribution in [2.24, 2.45) is 11.3 Å². The number of fused-ring (bicyclic) bond motifs is 1. The number of nitrogens with two attached hydrogens (primary N) is 1. The fourth-order valence-corrected chi connectivity index (χ4v) is 5.68. The van der Waals surface area contributed by atoms with Crippen LogP contribution in [0, 0.1) is 17.2 Å². The Morgan fingerprint density at radius 1 is 1.09 bits per heavy atom. The minimum Gasteiger partial charge on any atom is -0.399 e. The zero-order valence-electron chi connectivity index (χ0n) is 17.9. The second-order valence-corrected chi connectivity index (χ2v) is 11.0. The molecular formula is C23H24FN3O4S. The molecule has 1 saturated heterocycles. The predicted octanol–water partition coefficient (Wildman–Crippen LogP) is 3.09. The van der Waals surface area contributed by atoms with Gasteiger partial charge in [0.15, 0.2) is 5.78 Å². The molecule has 4 rings (SSSR count). The van der Waals surface area contributed by atoms with Crippen molar-refractivity contribution < 1.29 is 22.4 Å². The number of sulfone groups is 1. The molecule has 2 aromatic carbocycles. The van der Waals surface area contributed by atoms with E-state index in [1.165, 1.54) is 29.2 Å². The number of rotatable bonds is 3. The Hall–Kier alpha value is -3.20. The average molecular weight is 458 g/mol. The molecule has 3 N–H and O–H groups in total. The van der Waals surface area contributed by atoms with E-state index in [0.29, 0.717) is 5.56 Å². The molecule has 0 saturated carbocycles. The SMILES string of the molecule is CC(C)(C)[C@H]1C(=O)C(C2=CS(=O)(=O)c3cc(N)ccc3N2)C(=O)N1Cc1ccc(F)cc1. The van der Waals surface area contributed by atoms with Crippen LogP contribution in [0.4, 0.5) is 15.8 Å². The third kappa shape index (κ3) is 3.77. The fraction of sp³-hybridized carbons (Fsp3) is 0.304. The summed E-state index contributed by atoms with van der Waals surface area (Å²) in [5.74, 6) is -2.55. The number of anilines is 2. The molecule has 0 spiro atoms. The first-order valence-corrected chi connectivity index (χ1v) is 11.6. The highest BCUT2D eigenvalue weighted by atomic mass is 32.2. The van der Waals surface area contributed by atoms with Gasteiger partial charge in [-0.05, 0) is 41.3 Å². The highest BCUT2D eigenvalue weighted by Crippen LogP contribution is 2.41. The normalized spacial score (nSPS) is 22.4. The molecule has 2 aromatic rings. The monoisotopic (exact) mass is 457 g/mol. The first-order valence-electron chi connectivity index (χ1n) is 10.1. The Labute approximate surface area is 186 Å². The van der Waals surface area contributed by atoms with Crippen LogP contribution in [-0.2, 0) is 26.0 Å². The molecule has 32 heavy (non-hydrogen) atoms. The molecule has 168 valence electrons. The number of ketones is 1. The van der Waals surface area contributed by atoms with Crippen LogP contribution < -0.4 is 11.1 Å². The van der Waals surface area contributed by atoms with E-state index >= 15 is 0 Å². The van der Waals surface area contributed by atoms with Crippen molar-refractivity contribution in [1.29, 1.82) is 0 Å². The van der Waals surface area contributed by atoms with Gasteiger partial charge in [-0.15, -0.1) is 0 Å². The quantitative estimate of drug-likeness (QED) is 0.542. The minimum absolute atomic E-state index is 0.00492. The van der Waals surface area contributed by atoms with E-state index in [2.05, 4.69) is 5.32 Å². The summed E-state index contributed by atoms with van der Waals surface area (Å²) in [4.78, 5) is 28.4. The van der Waals surface area contributed by atoms with Crippen LogP contribution in [0.5, 0.6) is 0 Å². The molecule has 2 heterocycles. The molecular weight excluding hydrogens is 433 g/mol. The van der Waals surface area contributed by atoms with Crippen molar-refractivity contribution in [2.75, 3.05) is 11.1 Å². The lowest BCUT2D eigenvalue weighted by atomic mass is 9.82. The number of benzene rings is 2. The van der Waals surface area contributed by atoms with E-state index < -0.39 is 38.9 Å². The molecule has 1 unspecified atom stereocenters. The van der Waals surface area contributed by atoms with Gasteiger partial charge in [0.25, 0.3) is 0 Å². The predicted molar refractivity (Wildman–Crippen MR) is 118 cm³/mol. The summed E-state index contributed by atoms with van der Waals surface area (Å²) < 4.78 is 39.0. The van der Waals surface area contributed by atoms with Gasteiger partial charge in [-0.25, -0.2) is 12.8 Å². The van der Waals surface area contributed by atoms with E-state index in [0.717, 1.165) is 5.41 Å². The highest BCUT2D eigenvalue weighted by molar-refractivity contribution is 7.94. The maximum absolute atomic E-state index is 13.5. The maximum Gasteiger partial charge on any atom is 0.240 e. The van der Waals surface area contributed by atoms with Crippen molar-refractivity contribution in [3.8, 4) is 0 Å². The van der Waals surface area contributed by atoms with Gasteiger partial charge in [-0.1, -0.05) is 32.9 Å². The summed E-state index contributed by atoms with van der Waals surface area (Å²) in [5.41, 5.74) is 6.37. The molecule has 1 amide bonds. The summed E-state index contributed by atoms with van der Waals surface area (Å²) in [6, 6.07) is 9.32. The summed E-state index contributed by atoms with van der Waals surface area (Å²) in [5, 5.41) is 3.90. The molecule has 2 atom stereocenters. The smallest absolute Gasteiger partial charge is 0.240 e. The van der Waals surface area contributed by atoms with Crippen LogP contribution in [0.1, 0.15) is 26.3 Å². The number of amides is 1. The summed E-state index contributed by atoms with van der Waals surface area (Å²) in [7, 11) is -3.90. The van der Waals surface area contributed by atoms with Gasteiger partial charge in [0.05, 0.1) is 22.0 Å². The molecule has 0 bridgehead atoms. The minimum atomic E-state index is -3.90. The van der Waals surface area contributed by atoms with Gasteiger partial charge in [0, 0.05) is 17.9 Å². The molecule has 0 radical (unpaired) electrons. The topological polar surface area (TPSA) is 110 Å². The van der Waals surface area contributed by atoms with Gasteiger partial charge in [0.2, 0.25) is 15.7 Å². The van der Waals surface area contributed by atoms with E-state index in [4.69, 9.17) is 5.73 Å². The first kappa shape index (κ1) is 22.0. The van der Waals surface area contributed by atoms with Crippen molar-refractivity contribution in [3.05, 3.63) is 65.0 Å². The second kappa shape index (κ2) is 7.44. The summed E-state index contributed by atoms with van der Waals surface area (Å²) >= 11 is 0. The molecule has 0 aromatic heterocycles. The third-order valence-corrected chi connectivity index (χ3v) is 7.18. The fourth-order valence-electron chi connectivity index (χ4n) is 4.30. The van der Waals surface area contributed by atoms with Crippen molar-refractivity contribution >= 4 is 32.9 Å². The average Bonchev–Trinajstić information content (AvgIpc) is 2.93. The van der Waals surface area contributed by atoms with E-state index in [9.17, 15) is 22.4 Å². The van der Waals surface area contributed by atoms with Crippen LogP contribution in [0.15, 0.2) is 58.5 Å². The van der Waals surface area contributed by atoms with Crippen LogP contribution in [0.2, 0.25) is 0 Å². The number of hydrogen-bond acceptors (Lipinski definition) is 6. The number of Topliss-reactive ketones (excluding diaryl/α,β-unsaturated/α-hetero) is 1. The zero-order chi connectivity index (χ0) is 23.4. The maximum atomic E-state index is 13.5. The number of nitrogens with one attached hydrogen (secondary N) is 1. The highest BCUT2D eigenvalue weighted by Gasteiger charge is 2.53. The molecule has 2 aliphatic rings. The Kier molecular flexibility index (Phi) is 5.12. The summed E-state index contributed by atoms with van der Waals surface area (Å²) in [6.45, 7) is 5.65. The molecule has 0 aliphatic carbocycles. The van der Waals surface area contributed by atoms with Crippen molar-refractivity contribution in [2.45, 2.75) is 38.3 Å². The Morgan fingerprint density at radius 3 is 2.38 bits per heavy atom. The number of halogens is 1. The number of carbonyl (C=O) groups excluding carboxylic acids is 2. The van der Waals surface area contributed by atoms with Crippen LogP contribution in [-0.4, -0.2) is 31.0 Å². The lowest BCUT2D eigenvalue weighted by Gasteiger charge is -2.33. The van der Waals surface area contributed by atoms with Gasteiger partial charge >= 0.3 is 0 Å². The van der Waals surface area contributed by atoms with Crippen molar-refractivity contribution in [3.63, 3.8) is 0 Å². The molecule has 7 nitrogen and oxygen atoms in total. The number of likely N-dealkylation sites (tertiary alicyclic amines) is 1. The molecule has 9 heteroatoms. The summed E-state index contributed by atoms with van der Waals surface area (Å²) in [6.07, 6.45) is 0. The van der Waals surface area contributed by atoms with E-state index in [-0.39, 0.29) is 34.3 Å². The van der Waals surface area contributed by atoms with E-state index in [1.54, 1.807) is 18.2 Å². The number of hydrogen-bond donors (Lipinski definition) is 2. The van der Waals surface area contributed by atoms with Gasteiger partial charge in [0.1, 0.15) is 11.7 Å². The number of nitrogens with zero attached hydrogens (tertiary/aromatic N) is 1. The lowest BCUT2D eigenvalue weighted by molar-refractivity contribution is -0.133. The second-order valence-electron chi connectivity index (χ2n) is 9.20. The third-order valence-electron chi connectivity index (χ3n) is 5.67. The van der Waals surface area contributed by atoms with Crippen LogP contribution >= 0.6 is 0 Å². The Balaban J connectivity index is 1.74. The van der Waals surface area contributed by atoms with Gasteiger partial charge in [-0.3, -0.25) is 9.59 Å². The van der Waals surface area contributed by atoms with Gasteiger partial charge < -0.3 is 16.0 Å². The van der Waals surface area contributed by atoms with Crippen LogP contribution in [0.3, 0.4) is 0 Å². The van der Waals surface area contributed by atoms with Crippen molar-refractivity contribution in [1.82, 2.24) is 4.90 Å². The number of carbonyl (C=O) groups is 2. The molecule has 2 aliphatic heterocycles. The van der Waals surface area contributed by atoms with E-state index in [1.807, 2.05) is 20.8 Å². The number of nitrogen functional groups attached to an aromatic ring is 1. The largest absolute Gasteiger partial charge is 0.399 e. The Bertz CT molecular complexity index is 1250. The Morgan fingerprint density at radius 2 is 1.75 bits per heavy atom. The van der Waals surface area contributed by atoms with Gasteiger partial charge in [-0.2, -0.15) is 0 Å². The lowest BCUT2D eigenvalue weighted by Crippen LogP contribution is -2.44. The molecule has 1 fully saturated rings.